The van der Waals surface area contributed by atoms with Gasteiger partial charge in [-0.15, -0.1) is 12.4 Å². The van der Waals surface area contributed by atoms with E-state index < -0.39 is 0 Å². The van der Waals surface area contributed by atoms with Gasteiger partial charge in [-0.3, -0.25) is 9.69 Å². The molecule has 1 saturated heterocycles. The lowest BCUT2D eigenvalue weighted by Crippen LogP contribution is -2.47. The molecule has 1 heterocycles. The minimum absolute atomic E-state index is 0. The summed E-state index contributed by atoms with van der Waals surface area (Å²) >= 11 is 0. The summed E-state index contributed by atoms with van der Waals surface area (Å²) in [6.45, 7) is 13.1. The number of carbonyl (C=O) groups excluding carboxylic acids is 1. The summed E-state index contributed by atoms with van der Waals surface area (Å²) in [6.07, 6.45) is 2.30. The number of hydrogen-bond donors (Lipinski definition) is 1. The van der Waals surface area contributed by atoms with Gasteiger partial charge in [0.15, 0.2) is 0 Å². The molecule has 0 radical (unpaired) electrons. The van der Waals surface area contributed by atoms with Crippen LogP contribution in [0.15, 0.2) is 0 Å². The van der Waals surface area contributed by atoms with Gasteiger partial charge in [0.1, 0.15) is 0 Å². The Morgan fingerprint density at radius 1 is 1.14 bits per heavy atom. The molecule has 0 unspecified atom stereocenters. The quantitative estimate of drug-likeness (QED) is 0.781. The second-order valence-corrected chi connectivity index (χ2v) is 6.93. The van der Waals surface area contributed by atoms with Crippen LogP contribution in [0.5, 0.6) is 0 Å². The number of nitrogens with one attached hydrogen (secondary N) is 1. The van der Waals surface area contributed by atoms with Crippen molar-refractivity contribution in [3.05, 3.63) is 0 Å². The first-order chi connectivity index (χ1) is 9.42. The zero-order chi connectivity index (χ0) is 15.1. The summed E-state index contributed by atoms with van der Waals surface area (Å²) in [7, 11) is 2.03. The van der Waals surface area contributed by atoms with Crippen molar-refractivity contribution in [1.82, 2.24) is 15.1 Å². The van der Waals surface area contributed by atoms with Crippen LogP contribution in [0.3, 0.4) is 0 Å². The molecule has 126 valence electrons. The Hall–Kier alpha value is -0.320. The van der Waals surface area contributed by atoms with E-state index in [0.29, 0.717) is 30.3 Å². The first-order valence-electron chi connectivity index (χ1n) is 8.09. The van der Waals surface area contributed by atoms with E-state index in [9.17, 15) is 4.79 Å². The molecule has 0 atom stereocenters. The molecule has 5 heteroatoms. The molecule has 1 aliphatic rings. The molecule has 1 N–H and O–H groups in total. The lowest BCUT2D eigenvalue weighted by atomic mass is 10.1. The summed E-state index contributed by atoms with van der Waals surface area (Å²) in [5.74, 6) is 1.37. The van der Waals surface area contributed by atoms with Crippen LogP contribution in [0.2, 0.25) is 0 Å². The van der Waals surface area contributed by atoms with Gasteiger partial charge in [-0.25, -0.2) is 0 Å². The Labute approximate surface area is 137 Å². The molecule has 0 bridgehead atoms. The van der Waals surface area contributed by atoms with Crippen molar-refractivity contribution in [2.75, 3.05) is 39.8 Å². The van der Waals surface area contributed by atoms with Crippen LogP contribution in [0, 0.1) is 11.8 Å². The lowest BCUT2D eigenvalue weighted by molar-refractivity contribution is -0.133. The zero-order valence-corrected chi connectivity index (χ0v) is 15.2. The second-order valence-electron chi connectivity index (χ2n) is 6.93. The Bertz CT molecular complexity index is 279. The van der Waals surface area contributed by atoms with Crippen LogP contribution in [-0.2, 0) is 4.79 Å². The average Bonchev–Trinajstić information content (AvgIpc) is 2.37. The Morgan fingerprint density at radius 2 is 1.62 bits per heavy atom. The summed E-state index contributed by atoms with van der Waals surface area (Å²) in [5.41, 5.74) is 0. The Kier molecular flexibility index (Phi) is 10.3. The molecule has 1 aliphatic heterocycles. The van der Waals surface area contributed by atoms with Crippen LogP contribution in [0.1, 0.15) is 40.5 Å². The van der Waals surface area contributed by atoms with Gasteiger partial charge in [-0.1, -0.05) is 27.7 Å². The minimum atomic E-state index is 0. The fourth-order valence-corrected chi connectivity index (χ4v) is 2.83. The molecule has 0 aromatic heterocycles. The van der Waals surface area contributed by atoms with Crippen LogP contribution >= 0.6 is 12.4 Å². The fraction of sp³-hybridized carbons (Fsp3) is 0.938. The molecule has 0 aromatic rings. The van der Waals surface area contributed by atoms with E-state index in [2.05, 4.69) is 42.8 Å². The molecule has 0 aliphatic carbocycles. The van der Waals surface area contributed by atoms with E-state index in [1.807, 2.05) is 7.05 Å². The molecule has 0 saturated carbocycles. The van der Waals surface area contributed by atoms with Crippen LogP contribution in [0.4, 0.5) is 0 Å². The van der Waals surface area contributed by atoms with E-state index in [-0.39, 0.29) is 12.4 Å². The van der Waals surface area contributed by atoms with Gasteiger partial charge in [-0.2, -0.15) is 0 Å². The largest absolute Gasteiger partial charge is 0.341 e. The average molecular weight is 320 g/mol. The molecule has 0 spiro atoms. The number of halogens is 1. The number of rotatable bonds is 7. The van der Waals surface area contributed by atoms with Gasteiger partial charge in [0.2, 0.25) is 5.91 Å². The van der Waals surface area contributed by atoms with Gasteiger partial charge < -0.3 is 10.2 Å². The maximum atomic E-state index is 12.5. The highest BCUT2D eigenvalue weighted by Gasteiger charge is 2.22. The summed E-state index contributed by atoms with van der Waals surface area (Å²) in [4.78, 5) is 16.9. The fourth-order valence-electron chi connectivity index (χ4n) is 2.83. The minimum Gasteiger partial charge on any atom is -0.341 e. The smallest absolute Gasteiger partial charge is 0.236 e. The summed E-state index contributed by atoms with van der Waals surface area (Å²) in [5, 5.41) is 3.33. The third-order valence-electron chi connectivity index (χ3n) is 3.88. The maximum Gasteiger partial charge on any atom is 0.236 e. The highest BCUT2D eigenvalue weighted by molar-refractivity contribution is 5.85. The van der Waals surface area contributed by atoms with Crippen molar-refractivity contribution in [2.24, 2.45) is 11.8 Å². The molecule has 1 rings (SSSR count). The number of carbonyl (C=O) groups is 1. The predicted molar refractivity (Wildman–Crippen MR) is 92.0 cm³/mol. The van der Waals surface area contributed by atoms with Crippen molar-refractivity contribution in [2.45, 2.75) is 46.6 Å². The first-order valence-corrected chi connectivity index (χ1v) is 8.09. The normalized spacial score (nSPS) is 17.1. The van der Waals surface area contributed by atoms with Crippen molar-refractivity contribution < 1.29 is 4.79 Å². The summed E-state index contributed by atoms with van der Waals surface area (Å²) < 4.78 is 0. The van der Waals surface area contributed by atoms with E-state index in [1.165, 1.54) is 0 Å². The van der Waals surface area contributed by atoms with E-state index >= 15 is 0 Å². The van der Waals surface area contributed by atoms with Gasteiger partial charge in [-0.05, 0) is 31.7 Å². The zero-order valence-electron chi connectivity index (χ0n) is 14.4. The summed E-state index contributed by atoms with van der Waals surface area (Å²) in [6, 6.07) is 0.629. The van der Waals surface area contributed by atoms with Crippen LogP contribution in [-0.4, -0.2) is 61.5 Å². The Morgan fingerprint density at radius 3 is 2.00 bits per heavy atom. The highest BCUT2D eigenvalue weighted by Crippen LogP contribution is 2.11. The van der Waals surface area contributed by atoms with E-state index in [4.69, 9.17) is 0 Å². The van der Waals surface area contributed by atoms with Gasteiger partial charge >= 0.3 is 0 Å². The molecule has 21 heavy (non-hydrogen) atoms. The second kappa shape index (κ2) is 10.4. The lowest BCUT2D eigenvalue weighted by Gasteiger charge is -2.34. The molecule has 0 aromatic carbocycles. The first kappa shape index (κ1) is 20.7. The monoisotopic (exact) mass is 319 g/mol. The number of hydrogen-bond acceptors (Lipinski definition) is 3. The van der Waals surface area contributed by atoms with Gasteiger partial charge in [0, 0.05) is 32.2 Å². The number of amides is 1. The van der Waals surface area contributed by atoms with Crippen molar-refractivity contribution in [1.29, 1.82) is 0 Å². The van der Waals surface area contributed by atoms with Gasteiger partial charge in [0.05, 0.1) is 6.54 Å². The molecular weight excluding hydrogens is 286 g/mol. The van der Waals surface area contributed by atoms with E-state index in [1.54, 1.807) is 0 Å². The van der Waals surface area contributed by atoms with Gasteiger partial charge in [0.25, 0.3) is 0 Å². The third kappa shape index (κ3) is 8.03. The molecule has 1 fully saturated rings. The number of nitrogens with zero attached hydrogens (tertiary/aromatic N) is 2. The van der Waals surface area contributed by atoms with Crippen molar-refractivity contribution >= 4 is 18.3 Å². The maximum absolute atomic E-state index is 12.5. The highest BCUT2D eigenvalue weighted by atomic mass is 35.5. The number of piperidine rings is 1. The van der Waals surface area contributed by atoms with E-state index in [0.717, 1.165) is 39.0 Å². The molecular formula is C16H34ClN3O. The van der Waals surface area contributed by atoms with Crippen LogP contribution < -0.4 is 5.32 Å². The third-order valence-corrected chi connectivity index (χ3v) is 3.88. The van der Waals surface area contributed by atoms with Crippen molar-refractivity contribution in [3.63, 3.8) is 0 Å². The SMILES string of the molecule is CNC1CCN(CC(=O)N(CC(C)C)CC(C)C)CC1.Cl. The predicted octanol–water partition coefficient (Wildman–Crippen LogP) is 2.23. The standard InChI is InChI=1S/C16H33N3O.ClH/c1-13(2)10-19(11-14(3)4)16(20)12-18-8-6-15(17-5)7-9-18;/h13-15,17H,6-12H2,1-5H3;1H. The molecule has 4 nitrogen and oxygen atoms in total. The molecule has 1 amide bonds. The topological polar surface area (TPSA) is 35.6 Å². The van der Waals surface area contributed by atoms with Crippen LogP contribution in [0.25, 0.3) is 0 Å². The van der Waals surface area contributed by atoms with Crippen molar-refractivity contribution in [3.8, 4) is 0 Å². The number of likely N-dealkylation sites (tertiary alicyclic amines) is 1. The Balaban J connectivity index is 0.00000400.